The van der Waals surface area contributed by atoms with E-state index >= 15 is 0 Å². The van der Waals surface area contributed by atoms with Crippen LogP contribution in [0.2, 0.25) is 0 Å². The zero-order valence-corrected chi connectivity index (χ0v) is 21.4. The van der Waals surface area contributed by atoms with Gasteiger partial charge in [-0.05, 0) is 30.3 Å². The lowest BCUT2D eigenvalue weighted by molar-refractivity contribution is 0.662. The first-order chi connectivity index (χ1) is 19.3. The third kappa shape index (κ3) is 2.88. The van der Waals surface area contributed by atoms with Gasteiger partial charge in [0.1, 0.15) is 11.1 Å². The quantitative estimate of drug-likeness (QED) is 0.229. The van der Waals surface area contributed by atoms with Crippen molar-refractivity contribution < 1.29 is 4.42 Å². The Morgan fingerprint density at radius 1 is 0.590 bits per heavy atom. The molecule has 0 spiro atoms. The van der Waals surface area contributed by atoms with Crippen LogP contribution in [0.4, 0.5) is 0 Å². The number of nitrogens with zero attached hydrogens (tertiary/aromatic N) is 3. The fraction of sp³-hybridized carbons (Fsp3) is 0. The summed E-state index contributed by atoms with van der Waals surface area (Å²) in [6.07, 6.45) is 0. The SMILES string of the molecule is c1ccc(-c2nc(-n3c4ccccc4c4c5sc6ccccc6c5ccc43)c3oc4ccccc4c3n2)cc1. The van der Waals surface area contributed by atoms with Crippen LogP contribution in [0.1, 0.15) is 0 Å². The van der Waals surface area contributed by atoms with Crippen molar-refractivity contribution >= 4 is 75.4 Å². The number of para-hydroxylation sites is 2. The molecule has 39 heavy (non-hydrogen) atoms. The molecule has 0 aliphatic rings. The molecule has 182 valence electrons. The van der Waals surface area contributed by atoms with Crippen molar-refractivity contribution in [3.05, 3.63) is 115 Å². The third-order valence-electron chi connectivity index (χ3n) is 7.63. The summed E-state index contributed by atoms with van der Waals surface area (Å²) in [5.41, 5.74) is 5.49. The zero-order chi connectivity index (χ0) is 25.5. The van der Waals surface area contributed by atoms with Gasteiger partial charge in [0.2, 0.25) is 0 Å². The normalized spacial score (nSPS) is 12.1. The van der Waals surface area contributed by atoms with E-state index < -0.39 is 0 Å². The van der Waals surface area contributed by atoms with Crippen molar-refractivity contribution in [1.82, 2.24) is 14.5 Å². The number of furan rings is 1. The van der Waals surface area contributed by atoms with Crippen LogP contribution in [0.3, 0.4) is 0 Å². The predicted molar refractivity (Wildman–Crippen MR) is 162 cm³/mol. The molecule has 0 N–H and O–H groups in total. The minimum atomic E-state index is 0.679. The first kappa shape index (κ1) is 21.0. The molecule has 0 saturated carbocycles. The van der Waals surface area contributed by atoms with Crippen molar-refractivity contribution in [3.63, 3.8) is 0 Å². The summed E-state index contributed by atoms with van der Waals surface area (Å²) in [6.45, 7) is 0. The van der Waals surface area contributed by atoms with Gasteiger partial charge in [-0.1, -0.05) is 84.9 Å². The smallest absolute Gasteiger partial charge is 0.197 e. The maximum atomic E-state index is 6.49. The molecule has 0 saturated heterocycles. The fourth-order valence-corrected chi connectivity index (χ4v) is 7.17. The van der Waals surface area contributed by atoms with Crippen LogP contribution < -0.4 is 0 Å². The lowest BCUT2D eigenvalue weighted by Gasteiger charge is -2.10. The van der Waals surface area contributed by atoms with Crippen LogP contribution in [0.25, 0.3) is 81.3 Å². The van der Waals surface area contributed by atoms with Crippen molar-refractivity contribution in [1.29, 1.82) is 0 Å². The van der Waals surface area contributed by atoms with Crippen LogP contribution in [-0.2, 0) is 0 Å². The highest BCUT2D eigenvalue weighted by Crippen LogP contribution is 2.44. The van der Waals surface area contributed by atoms with Gasteiger partial charge < -0.3 is 4.42 Å². The summed E-state index contributed by atoms with van der Waals surface area (Å²) in [7, 11) is 0. The molecule has 0 fully saturated rings. The van der Waals surface area contributed by atoms with Crippen LogP contribution in [0.15, 0.2) is 120 Å². The lowest BCUT2D eigenvalue weighted by Crippen LogP contribution is -2.01. The molecule has 0 unspecified atom stereocenters. The predicted octanol–water partition coefficient (Wildman–Crippen LogP) is 9.51. The van der Waals surface area contributed by atoms with Gasteiger partial charge in [-0.15, -0.1) is 11.3 Å². The van der Waals surface area contributed by atoms with E-state index in [1.54, 1.807) is 0 Å². The van der Waals surface area contributed by atoms with E-state index in [0.29, 0.717) is 11.4 Å². The zero-order valence-electron chi connectivity index (χ0n) is 20.6. The highest BCUT2D eigenvalue weighted by atomic mass is 32.1. The molecule has 4 heterocycles. The van der Waals surface area contributed by atoms with Gasteiger partial charge in [0.15, 0.2) is 17.2 Å². The Morgan fingerprint density at radius 3 is 2.23 bits per heavy atom. The van der Waals surface area contributed by atoms with Crippen molar-refractivity contribution in [3.8, 4) is 17.2 Å². The molecule has 4 nitrogen and oxygen atoms in total. The number of rotatable bonds is 2. The van der Waals surface area contributed by atoms with E-state index in [4.69, 9.17) is 14.4 Å². The molecule has 0 amide bonds. The molecule has 9 aromatic rings. The van der Waals surface area contributed by atoms with Crippen LogP contribution in [0.5, 0.6) is 0 Å². The third-order valence-corrected chi connectivity index (χ3v) is 8.83. The molecule has 0 aliphatic heterocycles. The second-order valence-electron chi connectivity index (χ2n) is 9.80. The molecule has 0 atom stereocenters. The van der Waals surface area contributed by atoms with E-state index in [0.717, 1.165) is 38.9 Å². The Kier molecular flexibility index (Phi) is 4.18. The summed E-state index contributed by atoms with van der Waals surface area (Å²) in [4.78, 5) is 10.2. The fourth-order valence-electron chi connectivity index (χ4n) is 5.91. The number of thiophene rings is 1. The van der Waals surface area contributed by atoms with Gasteiger partial charge in [-0.2, -0.15) is 0 Å². The first-order valence-corrected chi connectivity index (χ1v) is 13.8. The highest BCUT2D eigenvalue weighted by Gasteiger charge is 2.23. The van der Waals surface area contributed by atoms with E-state index in [1.165, 1.54) is 30.9 Å². The van der Waals surface area contributed by atoms with Gasteiger partial charge in [0.05, 0.1) is 11.0 Å². The summed E-state index contributed by atoms with van der Waals surface area (Å²) in [6, 6.07) is 40.0. The molecule has 5 heteroatoms. The Labute approximate surface area is 226 Å². The maximum Gasteiger partial charge on any atom is 0.197 e. The number of hydrogen-bond donors (Lipinski definition) is 0. The lowest BCUT2D eigenvalue weighted by atomic mass is 10.1. The minimum Gasteiger partial charge on any atom is -0.450 e. The largest absolute Gasteiger partial charge is 0.450 e. The van der Waals surface area contributed by atoms with Gasteiger partial charge in [0, 0.05) is 41.9 Å². The first-order valence-electron chi connectivity index (χ1n) is 12.9. The van der Waals surface area contributed by atoms with Crippen LogP contribution in [0, 0.1) is 0 Å². The van der Waals surface area contributed by atoms with Gasteiger partial charge in [-0.3, -0.25) is 4.57 Å². The van der Waals surface area contributed by atoms with Crippen molar-refractivity contribution in [2.75, 3.05) is 0 Å². The van der Waals surface area contributed by atoms with E-state index in [9.17, 15) is 0 Å². The second-order valence-corrected chi connectivity index (χ2v) is 10.9. The molecule has 4 aromatic heterocycles. The maximum absolute atomic E-state index is 6.49. The number of hydrogen-bond acceptors (Lipinski definition) is 4. The second kappa shape index (κ2) is 7.76. The van der Waals surface area contributed by atoms with E-state index in [1.807, 2.05) is 47.7 Å². The van der Waals surface area contributed by atoms with Gasteiger partial charge in [0.25, 0.3) is 0 Å². The van der Waals surface area contributed by atoms with Gasteiger partial charge >= 0.3 is 0 Å². The monoisotopic (exact) mass is 517 g/mol. The highest BCUT2D eigenvalue weighted by molar-refractivity contribution is 7.26. The molecule has 9 rings (SSSR count). The number of aromatic nitrogens is 3. The molecule has 5 aromatic carbocycles. The van der Waals surface area contributed by atoms with Crippen molar-refractivity contribution in [2.45, 2.75) is 0 Å². The van der Waals surface area contributed by atoms with Crippen molar-refractivity contribution in [2.24, 2.45) is 0 Å². The van der Waals surface area contributed by atoms with E-state index in [-0.39, 0.29) is 0 Å². The standard InChI is InChI=1S/C34H19N3OS/c1-2-10-20(11-3-1)33-35-30-24-14-5-8-16-27(24)38-31(30)34(36-33)37-25-15-7-4-13-23(25)29-26(37)19-18-22-21-12-6-9-17-28(21)39-32(22)29/h1-19H. The average Bonchev–Trinajstić information content (AvgIpc) is 3.66. The molecule has 0 bridgehead atoms. The summed E-state index contributed by atoms with van der Waals surface area (Å²) in [5, 5.41) is 6.01. The summed E-state index contributed by atoms with van der Waals surface area (Å²) in [5.74, 6) is 1.43. The molecule has 0 aliphatic carbocycles. The Balaban J connectivity index is 1.48. The summed E-state index contributed by atoms with van der Waals surface area (Å²) >= 11 is 1.85. The van der Waals surface area contributed by atoms with Gasteiger partial charge in [-0.25, -0.2) is 9.97 Å². The Bertz CT molecular complexity index is 2400. The summed E-state index contributed by atoms with van der Waals surface area (Å²) < 4.78 is 11.3. The number of benzene rings is 5. The average molecular weight is 518 g/mol. The van der Waals surface area contributed by atoms with Crippen LogP contribution in [-0.4, -0.2) is 14.5 Å². The molecular formula is C34H19N3OS. The topological polar surface area (TPSA) is 43.9 Å². The number of fused-ring (bicyclic) bond motifs is 10. The Hall–Kier alpha value is -5.00. The minimum absolute atomic E-state index is 0.679. The molecule has 0 radical (unpaired) electrons. The Morgan fingerprint density at radius 2 is 1.33 bits per heavy atom. The van der Waals surface area contributed by atoms with E-state index in [2.05, 4.69) is 83.4 Å². The molecular weight excluding hydrogens is 498 g/mol. The van der Waals surface area contributed by atoms with Crippen LogP contribution >= 0.6 is 11.3 Å².